The van der Waals surface area contributed by atoms with E-state index in [1.54, 1.807) is 4.90 Å². The second kappa shape index (κ2) is 5.42. The fourth-order valence-corrected chi connectivity index (χ4v) is 2.98. The van der Waals surface area contributed by atoms with Crippen LogP contribution in [0.3, 0.4) is 0 Å². The Hall–Kier alpha value is -1.40. The van der Waals surface area contributed by atoms with Gasteiger partial charge in [-0.25, -0.2) is 14.4 Å². The maximum atomic E-state index is 14.5. The first kappa shape index (κ1) is 14.5. The van der Waals surface area contributed by atoms with Crippen LogP contribution in [0.5, 0.6) is 0 Å². The summed E-state index contributed by atoms with van der Waals surface area (Å²) in [6.07, 6.45) is 0.0557. The number of anilines is 1. The molecule has 0 radical (unpaired) electrons. The highest BCUT2D eigenvalue weighted by Crippen LogP contribution is 2.39. The van der Waals surface area contributed by atoms with Crippen molar-refractivity contribution in [1.29, 1.82) is 0 Å². The Kier molecular flexibility index (Phi) is 3.75. The summed E-state index contributed by atoms with van der Waals surface area (Å²) in [6.45, 7) is 0.366. The van der Waals surface area contributed by atoms with Gasteiger partial charge in [-0.2, -0.15) is 13.2 Å². The molecule has 1 aliphatic heterocycles. The normalized spacial score (nSPS) is 21.4. The van der Waals surface area contributed by atoms with Gasteiger partial charge in [-0.1, -0.05) is 6.42 Å². The average molecular weight is 303 g/mol. The molecule has 2 fully saturated rings. The predicted octanol–water partition coefficient (Wildman–Crippen LogP) is 3.66. The average Bonchev–Trinajstić information content (AvgIpc) is 2.38. The summed E-state index contributed by atoms with van der Waals surface area (Å²) >= 11 is 0. The first-order chi connectivity index (χ1) is 9.97. The third-order valence-electron chi connectivity index (χ3n) is 4.55. The van der Waals surface area contributed by atoms with Gasteiger partial charge in [0.15, 0.2) is 11.6 Å². The molecule has 0 bridgehead atoms. The fourth-order valence-electron chi connectivity index (χ4n) is 2.98. The molecule has 0 spiro atoms. The first-order valence-corrected chi connectivity index (χ1v) is 7.29. The molecule has 1 aromatic heterocycles. The molecule has 3 nitrogen and oxygen atoms in total. The summed E-state index contributed by atoms with van der Waals surface area (Å²) in [7, 11) is 0. The van der Waals surface area contributed by atoms with E-state index in [2.05, 4.69) is 9.97 Å². The number of aromatic nitrogens is 2. The Labute approximate surface area is 120 Å². The van der Waals surface area contributed by atoms with Crippen LogP contribution in [0.25, 0.3) is 0 Å². The molecule has 1 aromatic rings. The van der Waals surface area contributed by atoms with Crippen LogP contribution >= 0.6 is 0 Å². The van der Waals surface area contributed by atoms with E-state index in [-0.39, 0.29) is 37.7 Å². The molecule has 0 N–H and O–H groups in total. The van der Waals surface area contributed by atoms with Crippen molar-refractivity contribution >= 4 is 5.82 Å². The summed E-state index contributed by atoms with van der Waals surface area (Å²) in [4.78, 5) is 9.58. The number of alkyl halides is 3. The van der Waals surface area contributed by atoms with Crippen LogP contribution in [0.15, 0.2) is 6.33 Å². The molecule has 3 rings (SSSR count). The lowest BCUT2D eigenvalue weighted by atomic mass is 9.82. The lowest BCUT2D eigenvalue weighted by molar-refractivity contribution is -0.179. The Morgan fingerprint density at radius 3 is 2.24 bits per heavy atom. The predicted molar refractivity (Wildman–Crippen MR) is 69.6 cm³/mol. The van der Waals surface area contributed by atoms with Crippen LogP contribution in [-0.2, 0) is 0 Å². The van der Waals surface area contributed by atoms with Crippen molar-refractivity contribution in [2.24, 2.45) is 5.92 Å². The SMILES string of the molecule is Fc1c(C2CCC2)ncnc1N1CCC(C(F)(F)F)CC1. The van der Waals surface area contributed by atoms with Crippen molar-refractivity contribution in [3.05, 3.63) is 17.8 Å². The minimum absolute atomic E-state index is 0.00823. The van der Waals surface area contributed by atoms with E-state index in [1.165, 1.54) is 6.33 Å². The van der Waals surface area contributed by atoms with Crippen molar-refractivity contribution in [3.63, 3.8) is 0 Å². The molecule has 0 aromatic carbocycles. The summed E-state index contributed by atoms with van der Waals surface area (Å²) in [6, 6.07) is 0. The quantitative estimate of drug-likeness (QED) is 0.781. The lowest BCUT2D eigenvalue weighted by Gasteiger charge is -2.34. The summed E-state index contributed by atoms with van der Waals surface area (Å²) < 4.78 is 52.4. The summed E-state index contributed by atoms with van der Waals surface area (Å²) in [5.41, 5.74) is 0.421. The van der Waals surface area contributed by atoms with Gasteiger partial charge < -0.3 is 4.90 Å². The van der Waals surface area contributed by atoms with Gasteiger partial charge in [-0.15, -0.1) is 0 Å². The molecule has 116 valence electrons. The standard InChI is InChI=1S/C14H17F4N3/c15-11-12(9-2-1-3-9)19-8-20-13(11)21-6-4-10(5-7-21)14(16,17)18/h8-10H,1-7H2. The lowest BCUT2D eigenvalue weighted by Crippen LogP contribution is -2.40. The Morgan fingerprint density at radius 2 is 1.71 bits per heavy atom. The highest BCUT2D eigenvalue weighted by molar-refractivity contribution is 5.42. The van der Waals surface area contributed by atoms with Gasteiger partial charge in [-0.05, 0) is 25.7 Å². The van der Waals surface area contributed by atoms with Crippen molar-refractivity contribution in [2.75, 3.05) is 18.0 Å². The molecule has 1 aliphatic carbocycles. The van der Waals surface area contributed by atoms with Gasteiger partial charge in [0.2, 0.25) is 0 Å². The van der Waals surface area contributed by atoms with Gasteiger partial charge in [-0.3, -0.25) is 0 Å². The molecule has 21 heavy (non-hydrogen) atoms. The highest BCUT2D eigenvalue weighted by Gasteiger charge is 2.41. The maximum absolute atomic E-state index is 14.5. The molecule has 1 saturated heterocycles. The zero-order valence-electron chi connectivity index (χ0n) is 11.5. The van der Waals surface area contributed by atoms with Crippen molar-refractivity contribution in [3.8, 4) is 0 Å². The van der Waals surface area contributed by atoms with E-state index in [0.29, 0.717) is 5.69 Å². The van der Waals surface area contributed by atoms with Crippen LogP contribution in [0.1, 0.15) is 43.7 Å². The van der Waals surface area contributed by atoms with Crippen LogP contribution < -0.4 is 4.90 Å². The maximum Gasteiger partial charge on any atom is 0.391 e. The molecule has 0 atom stereocenters. The number of halogens is 4. The van der Waals surface area contributed by atoms with Crippen molar-refractivity contribution < 1.29 is 17.6 Å². The van der Waals surface area contributed by atoms with Crippen molar-refractivity contribution in [2.45, 2.75) is 44.2 Å². The van der Waals surface area contributed by atoms with E-state index in [0.717, 1.165) is 19.3 Å². The summed E-state index contributed by atoms with van der Waals surface area (Å²) in [5, 5.41) is 0. The fraction of sp³-hybridized carbons (Fsp3) is 0.714. The highest BCUT2D eigenvalue weighted by atomic mass is 19.4. The Morgan fingerprint density at radius 1 is 1.05 bits per heavy atom. The van der Waals surface area contributed by atoms with Crippen LogP contribution in [0, 0.1) is 11.7 Å². The number of hydrogen-bond acceptors (Lipinski definition) is 3. The molecule has 2 heterocycles. The number of rotatable bonds is 2. The van der Waals surface area contributed by atoms with E-state index in [4.69, 9.17) is 0 Å². The number of nitrogens with zero attached hydrogens (tertiary/aromatic N) is 3. The minimum atomic E-state index is -4.16. The third kappa shape index (κ3) is 2.82. The first-order valence-electron chi connectivity index (χ1n) is 7.29. The monoisotopic (exact) mass is 303 g/mol. The topological polar surface area (TPSA) is 29.0 Å². The van der Waals surface area contributed by atoms with Crippen LogP contribution in [0.4, 0.5) is 23.4 Å². The van der Waals surface area contributed by atoms with Crippen LogP contribution in [-0.4, -0.2) is 29.2 Å². The smallest absolute Gasteiger partial charge is 0.354 e. The van der Waals surface area contributed by atoms with Gasteiger partial charge in [0, 0.05) is 19.0 Å². The molecule has 0 amide bonds. The molecular weight excluding hydrogens is 286 g/mol. The summed E-state index contributed by atoms with van der Waals surface area (Å²) in [5.74, 6) is -1.44. The molecule has 7 heteroatoms. The Bertz CT molecular complexity index is 505. The van der Waals surface area contributed by atoms with Gasteiger partial charge >= 0.3 is 6.18 Å². The zero-order valence-corrected chi connectivity index (χ0v) is 11.5. The van der Waals surface area contributed by atoms with E-state index in [9.17, 15) is 17.6 Å². The van der Waals surface area contributed by atoms with Gasteiger partial charge in [0.1, 0.15) is 6.33 Å². The van der Waals surface area contributed by atoms with Gasteiger partial charge in [0.25, 0.3) is 0 Å². The second-order valence-electron chi connectivity index (χ2n) is 5.83. The molecule has 2 aliphatic rings. The van der Waals surface area contributed by atoms with Gasteiger partial charge in [0.05, 0.1) is 11.6 Å². The van der Waals surface area contributed by atoms with E-state index < -0.39 is 17.9 Å². The largest absolute Gasteiger partial charge is 0.391 e. The molecule has 1 saturated carbocycles. The van der Waals surface area contributed by atoms with Crippen LogP contribution in [0.2, 0.25) is 0 Å². The minimum Gasteiger partial charge on any atom is -0.354 e. The molecular formula is C14H17F4N3. The zero-order chi connectivity index (χ0) is 15.0. The van der Waals surface area contributed by atoms with E-state index in [1.807, 2.05) is 0 Å². The van der Waals surface area contributed by atoms with E-state index >= 15 is 0 Å². The Balaban J connectivity index is 1.73. The second-order valence-corrected chi connectivity index (χ2v) is 5.83. The number of piperidine rings is 1. The molecule has 0 unspecified atom stereocenters. The van der Waals surface area contributed by atoms with Crippen molar-refractivity contribution in [1.82, 2.24) is 9.97 Å². The third-order valence-corrected chi connectivity index (χ3v) is 4.55. The number of hydrogen-bond donors (Lipinski definition) is 0.